The lowest BCUT2D eigenvalue weighted by Gasteiger charge is -2.22. The van der Waals surface area contributed by atoms with E-state index in [2.05, 4.69) is 10.2 Å². The van der Waals surface area contributed by atoms with Gasteiger partial charge in [-0.15, -0.1) is 5.10 Å². The first kappa shape index (κ1) is 19.8. The van der Waals surface area contributed by atoms with E-state index in [-0.39, 0.29) is 17.2 Å². The van der Waals surface area contributed by atoms with Crippen LogP contribution in [0.1, 0.15) is 48.4 Å². The molecule has 0 saturated carbocycles. The Morgan fingerprint density at radius 2 is 2.07 bits per heavy atom. The van der Waals surface area contributed by atoms with Crippen molar-refractivity contribution in [1.29, 1.82) is 0 Å². The van der Waals surface area contributed by atoms with Gasteiger partial charge in [0.25, 0.3) is 5.91 Å². The predicted molar refractivity (Wildman–Crippen MR) is 103 cm³/mol. The molecule has 0 radical (unpaired) electrons. The molecular formula is C20H24N4O4. The second-order valence-corrected chi connectivity index (χ2v) is 6.85. The van der Waals surface area contributed by atoms with Gasteiger partial charge in [0.2, 0.25) is 5.91 Å². The molecule has 1 atom stereocenters. The topological polar surface area (TPSA) is 108 Å². The third kappa shape index (κ3) is 3.82. The summed E-state index contributed by atoms with van der Waals surface area (Å²) in [6.07, 6.45) is 1.27. The number of nitrogens with zero attached hydrogens (tertiary/aromatic N) is 3. The average molecular weight is 384 g/mol. The Morgan fingerprint density at radius 3 is 2.79 bits per heavy atom. The van der Waals surface area contributed by atoms with Crippen molar-refractivity contribution < 1.29 is 19.1 Å². The number of benzene rings is 1. The second-order valence-electron chi connectivity index (χ2n) is 6.85. The van der Waals surface area contributed by atoms with Crippen molar-refractivity contribution in [2.24, 2.45) is 5.73 Å². The predicted octanol–water partition coefficient (Wildman–Crippen LogP) is 2.16. The normalized spacial score (nSPS) is 20.2. The third-order valence-electron chi connectivity index (χ3n) is 5.07. The molecule has 2 aliphatic heterocycles. The van der Waals surface area contributed by atoms with Crippen molar-refractivity contribution in [3.63, 3.8) is 0 Å². The molecule has 1 aromatic heterocycles. The van der Waals surface area contributed by atoms with E-state index in [1.54, 1.807) is 18.0 Å². The molecule has 3 heterocycles. The summed E-state index contributed by atoms with van der Waals surface area (Å²) < 4.78 is 11.1. The van der Waals surface area contributed by atoms with Crippen LogP contribution in [0.15, 0.2) is 30.3 Å². The largest absolute Gasteiger partial charge is 0.491 e. The molecule has 2 aliphatic rings. The van der Waals surface area contributed by atoms with Gasteiger partial charge in [0, 0.05) is 12.6 Å². The molecule has 0 bridgehead atoms. The van der Waals surface area contributed by atoms with Crippen LogP contribution in [0.2, 0.25) is 0 Å². The molecule has 28 heavy (non-hydrogen) atoms. The number of ether oxygens (including phenoxy) is 2. The molecule has 0 fully saturated rings. The van der Waals surface area contributed by atoms with Crippen LogP contribution in [-0.2, 0) is 21.7 Å². The van der Waals surface area contributed by atoms with Gasteiger partial charge in [-0.05, 0) is 31.5 Å². The molecule has 2 N–H and O–H groups in total. The summed E-state index contributed by atoms with van der Waals surface area (Å²) in [5.41, 5.74) is 7.56. The standard InChI is InChI=1S/C10H13N3O2.C10H11NO2/c1-3-10(2)6-4-7(9(11)14)12-13-8(6)5-15-10;1-11-8-4-2-3-5-9(8)13-7-6-10(11)12/h4H,3,5H2,1-2H3,(H2,11,14);2-5H,6-7H2,1H3. The fraction of sp³-hybridized carbons (Fsp3) is 0.400. The summed E-state index contributed by atoms with van der Waals surface area (Å²) in [7, 11) is 1.77. The maximum absolute atomic E-state index is 11.4. The van der Waals surface area contributed by atoms with Gasteiger partial charge in [-0.3, -0.25) is 9.59 Å². The van der Waals surface area contributed by atoms with Gasteiger partial charge in [-0.2, -0.15) is 5.10 Å². The minimum absolute atomic E-state index is 0.102. The fourth-order valence-electron chi connectivity index (χ4n) is 3.11. The molecule has 2 aromatic rings. The molecule has 1 unspecified atom stereocenters. The molecule has 8 nitrogen and oxygen atoms in total. The average Bonchev–Trinajstić information content (AvgIpc) is 2.97. The van der Waals surface area contributed by atoms with Crippen LogP contribution in [0, 0.1) is 0 Å². The summed E-state index contributed by atoms with van der Waals surface area (Å²) in [4.78, 5) is 24.0. The number of nitrogens with two attached hydrogens (primary N) is 1. The SMILES string of the molecule is CCC1(C)OCc2nnc(C(N)=O)cc21.CN1C(=O)CCOc2ccccc21. The number of fused-ring (bicyclic) bond motifs is 2. The number of para-hydroxylation sites is 2. The van der Waals surface area contributed by atoms with Crippen molar-refractivity contribution in [2.45, 2.75) is 38.9 Å². The Bertz CT molecular complexity index is 902. The van der Waals surface area contributed by atoms with E-state index >= 15 is 0 Å². The third-order valence-corrected chi connectivity index (χ3v) is 5.07. The van der Waals surface area contributed by atoms with Crippen LogP contribution < -0.4 is 15.4 Å². The number of anilines is 1. The Labute approximate surface area is 163 Å². The minimum Gasteiger partial charge on any atom is -0.491 e. The molecule has 2 amide bonds. The number of amides is 2. The zero-order valence-electron chi connectivity index (χ0n) is 16.3. The quantitative estimate of drug-likeness (QED) is 0.850. The van der Waals surface area contributed by atoms with Gasteiger partial charge in [0.15, 0.2) is 5.69 Å². The summed E-state index contributed by atoms with van der Waals surface area (Å²) in [6, 6.07) is 9.25. The lowest BCUT2D eigenvalue weighted by molar-refractivity contribution is -0.118. The van der Waals surface area contributed by atoms with E-state index in [9.17, 15) is 9.59 Å². The van der Waals surface area contributed by atoms with Crippen molar-refractivity contribution in [3.8, 4) is 5.75 Å². The number of carbonyl (C=O) groups is 2. The van der Waals surface area contributed by atoms with E-state index in [1.807, 2.05) is 38.1 Å². The van der Waals surface area contributed by atoms with E-state index < -0.39 is 5.91 Å². The molecule has 4 rings (SSSR count). The van der Waals surface area contributed by atoms with Crippen molar-refractivity contribution >= 4 is 17.5 Å². The van der Waals surface area contributed by atoms with Gasteiger partial charge in [0.1, 0.15) is 5.75 Å². The fourth-order valence-corrected chi connectivity index (χ4v) is 3.11. The maximum atomic E-state index is 11.4. The number of hydrogen-bond donors (Lipinski definition) is 1. The summed E-state index contributed by atoms with van der Waals surface area (Å²) in [5, 5.41) is 7.69. The monoisotopic (exact) mass is 384 g/mol. The van der Waals surface area contributed by atoms with Gasteiger partial charge in [-0.1, -0.05) is 19.1 Å². The first-order valence-corrected chi connectivity index (χ1v) is 9.15. The molecular weight excluding hydrogens is 360 g/mol. The van der Waals surface area contributed by atoms with Crippen molar-refractivity contribution in [2.75, 3.05) is 18.6 Å². The van der Waals surface area contributed by atoms with E-state index in [0.29, 0.717) is 19.6 Å². The maximum Gasteiger partial charge on any atom is 0.269 e. The zero-order chi connectivity index (χ0) is 20.3. The molecule has 148 valence electrons. The Balaban J connectivity index is 0.000000162. The van der Waals surface area contributed by atoms with E-state index in [1.165, 1.54) is 0 Å². The Kier molecular flexibility index (Phi) is 5.60. The number of hydrogen-bond acceptors (Lipinski definition) is 6. The smallest absolute Gasteiger partial charge is 0.269 e. The highest BCUT2D eigenvalue weighted by Gasteiger charge is 2.35. The first-order valence-electron chi connectivity index (χ1n) is 9.15. The highest BCUT2D eigenvalue weighted by molar-refractivity contribution is 5.95. The number of primary amides is 1. The zero-order valence-corrected chi connectivity index (χ0v) is 16.3. The minimum atomic E-state index is -0.560. The van der Waals surface area contributed by atoms with Crippen LogP contribution in [0.3, 0.4) is 0 Å². The van der Waals surface area contributed by atoms with Gasteiger partial charge < -0.3 is 20.1 Å². The highest BCUT2D eigenvalue weighted by atomic mass is 16.5. The van der Waals surface area contributed by atoms with Crippen LogP contribution in [0.5, 0.6) is 5.75 Å². The van der Waals surface area contributed by atoms with Crippen LogP contribution in [0.4, 0.5) is 5.69 Å². The summed E-state index contributed by atoms with van der Waals surface area (Å²) in [6.45, 7) is 4.93. The van der Waals surface area contributed by atoms with Crippen LogP contribution in [-0.4, -0.2) is 35.7 Å². The number of rotatable bonds is 2. The van der Waals surface area contributed by atoms with Crippen molar-refractivity contribution in [3.05, 3.63) is 47.3 Å². The van der Waals surface area contributed by atoms with Crippen LogP contribution in [0.25, 0.3) is 0 Å². The first-order chi connectivity index (χ1) is 13.4. The van der Waals surface area contributed by atoms with Gasteiger partial charge in [0.05, 0.1) is 36.6 Å². The van der Waals surface area contributed by atoms with Crippen LogP contribution >= 0.6 is 0 Å². The summed E-state index contributed by atoms with van der Waals surface area (Å²) >= 11 is 0. The molecule has 8 heteroatoms. The molecule has 1 aromatic carbocycles. The number of carbonyl (C=O) groups excluding carboxylic acids is 2. The van der Waals surface area contributed by atoms with Crippen molar-refractivity contribution in [1.82, 2.24) is 10.2 Å². The van der Waals surface area contributed by atoms with Gasteiger partial charge >= 0.3 is 0 Å². The van der Waals surface area contributed by atoms with Gasteiger partial charge in [-0.25, -0.2) is 0 Å². The van der Waals surface area contributed by atoms with E-state index in [4.69, 9.17) is 15.2 Å². The molecule has 0 aliphatic carbocycles. The Morgan fingerprint density at radius 1 is 1.32 bits per heavy atom. The number of aromatic nitrogens is 2. The second kappa shape index (κ2) is 7.93. The lowest BCUT2D eigenvalue weighted by atomic mass is 9.94. The molecule has 0 saturated heterocycles. The Hall–Kier alpha value is -3.00. The van der Waals surface area contributed by atoms with E-state index in [0.717, 1.165) is 29.1 Å². The summed E-state index contributed by atoms with van der Waals surface area (Å²) in [5.74, 6) is 0.330. The highest BCUT2D eigenvalue weighted by Crippen LogP contribution is 2.37. The molecule has 0 spiro atoms. The lowest BCUT2D eigenvalue weighted by Crippen LogP contribution is -2.24.